The molecule has 0 saturated heterocycles. The lowest BCUT2D eigenvalue weighted by Crippen LogP contribution is -2.24. The molecule has 0 bridgehead atoms. The predicted molar refractivity (Wildman–Crippen MR) is 79.3 cm³/mol. The van der Waals surface area contributed by atoms with Crippen LogP contribution in [-0.4, -0.2) is 7.11 Å². The highest BCUT2D eigenvalue weighted by Crippen LogP contribution is 2.41. The zero-order valence-corrected chi connectivity index (χ0v) is 12.2. The Balaban J connectivity index is 1.92. The van der Waals surface area contributed by atoms with E-state index in [2.05, 4.69) is 0 Å². The highest BCUT2D eigenvalue weighted by atomic mass is 35.5. The van der Waals surface area contributed by atoms with Crippen LogP contribution in [0, 0.1) is 5.82 Å². The number of methoxy groups -OCH3 is 1. The van der Waals surface area contributed by atoms with Crippen LogP contribution in [0.4, 0.5) is 4.39 Å². The number of hydrogen-bond donors (Lipinski definition) is 1. The van der Waals surface area contributed by atoms with Crippen molar-refractivity contribution in [3.8, 4) is 11.5 Å². The maximum atomic E-state index is 13.6. The van der Waals surface area contributed by atoms with Gasteiger partial charge in [-0.25, -0.2) is 4.39 Å². The van der Waals surface area contributed by atoms with Gasteiger partial charge < -0.3 is 15.2 Å². The van der Waals surface area contributed by atoms with Gasteiger partial charge in [0.25, 0.3) is 0 Å². The van der Waals surface area contributed by atoms with Crippen molar-refractivity contribution in [3.05, 3.63) is 58.4 Å². The van der Waals surface area contributed by atoms with Gasteiger partial charge in [0.05, 0.1) is 12.1 Å². The highest BCUT2D eigenvalue weighted by Gasteiger charge is 2.28. The van der Waals surface area contributed by atoms with Crippen molar-refractivity contribution in [3.63, 3.8) is 0 Å². The fourth-order valence-corrected chi connectivity index (χ4v) is 2.64. The normalized spacial score (nSPS) is 20.6. The van der Waals surface area contributed by atoms with Gasteiger partial charge in [-0.05, 0) is 35.9 Å². The maximum Gasteiger partial charge on any atom is 0.142 e. The third kappa shape index (κ3) is 2.69. The monoisotopic (exact) mass is 307 g/mol. The van der Waals surface area contributed by atoms with Crippen molar-refractivity contribution >= 4 is 11.6 Å². The van der Waals surface area contributed by atoms with E-state index in [9.17, 15) is 4.39 Å². The van der Waals surface area contributed by atoms with Crippen LogP contribution < -0.4 is 15.2 Å². The van der Waals surface area contributed by atoms with E-state index in [4.69, 9.17) is 26.8 Å². The first-order valence-corrected chi connectivity index (χ1v) is 7.01. The standard InChI is InChI=1S/C16H15ClFNO2/c1-20-10-3-5-15-11(7-10)14(19)8-16(21-15)9-2-4-12(17)13(18)6-9/h2-7,14,16H,8,19H2,1H3/t14-,16?/m1/s1. The van der Waals surface area contributed by atoms with Crippen LogP contribution in [0.2, 0.25) is 5.02 Å². The average molecular weight is 308 g/mol. The van der Waals surface area contributed by atoms with Crippen molar-refractivity contribution in [1.29, 1.82) is 0 Å². The number of rotatable bonds is 2. The lowest BCUT2D eigenvalue weighted by atomic mass is 9.93. The molecule has 1 heterocycles. The Morgan fingerprint density at radius 1 is 1.29 bits per heavy atom. The number of halogens is 2. The van der Waals surface area contributed by atoms with Gasteiger partial charge in [-0.2, -0.15) is 0 Å². The Bertz CT molecular complexity index is 677. The van der Waals surface area contributed by atoms with E-state index in [1.54, 1.807) is 13.2 Å². The second-order valence-corrected chi connectivity index (χ2v) is 5.43. The Hall–Kier alpha value is -1.78. The lowest BCUT2D eigenvalue weighted by Gasteiger charge is -2.31. The van der Waals surface area contributed by atoms with Crippen molar-refractivity contribution in [1.82, 2.24) is 0 Å². The van der Waals surface area contributed by atoms with Crippen LogP contribution >= 0.6 is 11.6 Å². The summed E-state index contributed by atoms with van der Waals surface area (Å²) in [6, 6.07) is 10.0. The van der Waals surface area contributed by atoms with E-state index >= 15 is 0 Å². The van der Waals surface area contributed by atoms with Gasteiger partial charge in [0.15, 0.2) is 0 Å². The van der Waals surface area contributed by atoms with Gasteiger partial charge in [0.1, 0.15) is 23.4 Å². The highest BCUT2D eigenvalue weighted by molar-refractivity contribution is 6.30. The van der Waals surface area contributed by atoms with E-state index in [-0.39, 0.29) is 17.2 Å². The fraction of sp³-hybridized carbons (Fsp3) is 0.250. The molecule has 0 amide bonds. The molecule has 1 aliphatic heterocycles. The molecule has 2 atom stereocenters. The molecule has 2 aromatic rings. The van der Waals surface area contributed by atoms with Gasteiger partial charge in [0, 0.05) is 18.0 Å². The molecule has 21 heavy (non-hydrogen) atoms. The van der Waals surface area contributed by atoms with Gasteiger partial charge in [-0.1, -0.05) is 17.7 Å². The van der Waals surface area contributed by atoms with Crippen LogP contribution in [0.3, 0.4) is 0 Å². The van der Waals surface area contributed by atoms with Crippen molar-refractivity contribution in [2.24, 2.45) is 5.73 Å². The molecular formula is C16H15ClFNO2. The summed E-state index contributed by atoms with van der Waals surface area (Å²) in [5.41, 5.74) is 7.84. The predicted octanol–water partition coefficient (Wildman–Crippen LogP) is 4.01. The molecule has 0 aromatic heterocycles. The zero-order chi connectivity index (χ0) is 15.0. The number of hydrogen-bond acceptors (Lipinski definition) is 3. The van der Waals surface area contributed by atoms with E-state index in [1.165, 1.54) is 12.1 Å². The Kier molecular flexibility index (Phi) is 3.74. The Labute approximate surface area is 127 Å². The molecule has 3 rings (SSSR count). The largest absolute Gasteiger partial charge is 0.497 e. The molecule has 1 unspecified atom stereocenters. The molecule has 2 N–H and O–H groups in total. The summed E-state index contributed by atoms with van der Waals surface area (Å²) >= 11 is 5.71. The van der Waals surface area contributed by atoms with Crippen LogP contribution in [-0.2, 0) is 0 Å². The number of benzene rings is 2. The molecule has 3 nitrogen and oxygen atoms in total. The molecule has 1 aliphatic rings. The van der Waals surface area contributed by atoms with Gasteiger partial charge in [-0.3, -0.25) is 0 Å². The maximum absolute atomic E-state index is 13.6. The van der Waals surface area contributed by atoms with Crippen molar-refractivity contribution in [2.45, 2.75) is 18.6 Å². The minimum atomic E-state index is -0.452. The minimum absolute atomic E-state index is 0.101. The number of ether oxygens (including phenoxy) is 2. The quantitative estimate of drug-likeness (QED) is 0.911. The van der Waals surface area contributed by atoms with Crippen LogP contribution in [0.25, 0.3) is 0 Å². The first-order valence-electron chi connectivity index (χ1n) is 6.63. The smallest absolute Gasteiger partial charge is 0.142 e. The molecule has 2 aromatic carbocycles. The van der Waals surface area contributed by atoms with Crippen LogP contribution in [0.15, 0.2) is 36.4 Å². The van der Waals surface area contributed by atoms with E-state index < -0.39 is 5.82 Å². The summed E-state index contributed by atoms with van der Waals surface area (Å²) in [5, 5.41) is 0.101. The van der Waals surface area contributed by atoms with Gasteiger partial charge >= 0.3 is 0 Å². The van der Waals surface area contributed by atoms with Gasteiger partial charge in [-0.15, -0.1) is 0 Å². The molecule has 0 spiro atoms. The van der Waals surface area contributed by atoms with E-state index in [0.717, 1.165) is 16.9 Å². The molecule has 0 saturated carbocycles. The number of fused-ring (bicyclic) bond motifs is 1. The Morgan fingerprint density at radius 3 is 2.81 bits per heavy atom. The SMILES string of the molecule is COc1ccc2c(c1)[C@H](N)CC(c1ccc(Cl)c(F)c1)O2. The second kappa shape index (κ2) is 5.54. The van der Waals surface area contributed by atoms with Gasteiger partial charge in [0.2, 0.25) is 0 Å². The zero-order valence-electron chi connectivity index (χ0n) is 11.5. The fourth-order valence-electron chi connectivity index (χ4n) is 2.53. The molecule has 110 valence electrons. The number of nitrogens with two attached hydrogens (primary N) is 1. The topological polar surface area (TPSA) is 44.5 Å². The van der Waals surface area contributed by atoms with Crippen molar-refractivity contribution < 1.29 is 13.9 Å². The summed E-state index contributed by atoms with van der Waals surface area (Å²) in [6.45, 7) is 0. The lowest BCUT2D eigenvalue weighted by molar-refractivity contribution is 0.161. The summed E-state index contributed by atoms with van der Waals surface area (Å²) in [4.78, 5) is 0. The van der Waals surface area contributed by atoms with Crippen LogP contribution in [0.1, 0.15) is 29.7 Å². The first-order chi connectivity index (χ1) is 10.1. The van der Waals surface area contributed by atoms with E-state index in [0.29, 0.717) is 12.2 Å². The summed E-state index contributed by atoms with van der Waals surface area (Å²) in [7, 11) is 1.61. The minimum Gasteiger partial charge on any atom is -0.497 e. The van der Waals surface area contributed by atoms with Crippen LogP contribution in [0.5, 0.6) is 11.5 Å². The Morgan fingerprint density at radius 2 is 2.10 bits per heavy atom. The summed E-state index contributed by atoms with van der Waals surface area (Å²) in [6.07, 6.45) is 0.286. The molecule has 0 radical (unpaired) electrons. The molecule has 0 aliphatic carbocycles. The second-order valence-electron chi connectivity index (χ2n) is 5.03. The third-order valence-corrected chi connectivity index (χ3v) is 3.98. The molecular weight excluding hydrogens is 293 g/mol. The summed E-state index contributed by atoms with van der Waals surface area (Å²) in [5.74, 6) is 0.991. The first kappa shape index (κ1) is 14.2. The third-order valence-electron chi connectivity index (χ3n) is 3.67. The van der Waals surface area contributed by atoms with Crippen molar-refractivity contribution in [2.75, 3.05) is 7.11 Å². The molecule has 5 heteroatoms. The van der Waals surface area contributed by atoms with E-state index in [1.807, 2.05) is 18.2 Å². The summed E-state index contributed by atoms with van der Waals surface area (Å²) < 4.78 is 24.7. The molecule has 0 fully saturated rings. The average Bonchev–Trinajstić information content (AvgIpc) is 2.49.